The van der Waals surface area contributed by atoms with E-state index in [9.17, 15) is 14.0 Å². The molecule has 1 aromatic carbocycles. The summed E-state index contributed by atoms with van der Waals surface area (Å²) in [5, 5.41) is 7.49. The number of hydrazine groups is 1. The molecule has 180 valence electrons. The van der Waals surface area contributed by atoms with Crippen LogP contribution in [0.15, 0.2) is 21.7 Å². The Morgan fingerprint density at radius 1 is 1.42 bits per heavy atom. The van der Waals surface area contributed by atoms with Gasteiger partial charge in [0.2, 0.25) is 5.91 Å². The lowest BCUT2D eigenvalue weighted by Crippen LogP contribution is -2.57. The number of carbonyl (C=O) groups is 2. The molecule has 0 aliphatic carbocycles. The van der Waals surface area contributed by atoms with Crippen LogP contribution in [0.1, 0.15) is 38.7 Å². The van der Waals surface area contributed by atoms with Gasteiger partial charge in [-0.3, -0.25) is 10.2 Å². The first-order valence-electron chi connectivity index (χ1n) is 10.9. The number of ether oxygens (including phenoxy) is 1. The third-order valence-electron chi connectivity index (χ3n) is 6.24. The molecule has 2 unspecified atom stereocenters. The van der Waals surface area contributed by atoms with Crippen LogP contribution in [0.5, 0.6) is 0 Å². The van der Waals surface area contributed by atoms with E-state index < -0.39 is 17.5 Å². The molecule has 12 heteroatoms. The predicted molar refractivity (Wildman–Crippen MR) is 125 cm³/mol. The van der Waals surface area contributed by atoms with Crippen molar-refractivity contribution in [1.82, 2.24) is 26.5 Å². The van der Waals surface area contributed by atoms with E-state index in [0.29, 0.717) is 43.8 Å². The first kappa shape index (κ1) is 24.3. The number of nitrogens with zero attached hydrogens (tertiary/aromatic N) is 2. The molecule has 0 saturated carbocycles. The summed E-state index contributed by atoms with van der Waals surface area (Å²) in [6.45, 7) is 5.93. The van der Waals surface area contributed by atoms with E-state index in [2.05, 4.69) is 47.5 Å². The number of amides is 2. The monoisotopic (exact) mass is 544 g/mol. The van der Waals surface area contributed by atoms with Gasteiger partial charge in [0.1, 0.15) is 17.6 Å². The summed E-state index contributed by atoms with van der Waals surface area (Å²) in [5.74, 6) is -0.505. The molecule has 1 aromatic rings. The summed E-state index contributed by atoms with van der Waals surface area (Å²) >= 11 is 9.50. The highest BCUT2D eigenvalue weighted by molar-refractivity contribution is 9.10. The molecule has 0 aromatic heterocycles. The molecule has 0 bridgehead atoms. The van der Waals surface area contributed by atoms with Crippen LogP contribution in [-0.2, 0) is 9.53 Å². The molecule has 4 N–H and O–H groups in total. The van der Waals surface area contributed by atoms with Crippen molar-refractivity contribution in [2.75, 3.05) is 19.6 Å². The van der Waals surface area contributed by atoms with Gasteiger partial charge in [0.25, 0.3) is 0 Å². The lowest BCUT2D eigenvalue weighted by Gasteiger charge is -2.43. The van der Waals surface area contributed by atoms with Crippen molar-refractivity contribution in [2.45, 2.75) is 56.8 Å². The molecule has 1 spiro atoms. The number of hydrogen-bond donors (Lipinski definition) is 4. The van der Waals surface area contributed by atoms with Crippen LogP contribution >= 0.6 is 27.5 Å². The SMILES string of the molecule is CC1CC(C(=O)N[C@@H](C)CN2CCC3(CC2)OC(=O)NN=C3c2cc(Br)c(F)cc2Cl)NN1. The van der Waals surface area contributed by atoms with E-state index >= 15 is 0 Å². The quantitative estimate of drug-likeness (QED) is 0.423. The second-order valence-corrected chi connectivity index (χ2v) is 10.2. The standard InChI is InChI=1S/C21H27BrClFN6O3/c1-11-7-17(27-26-11)19(31)25-12(2)10-30-5-3-21(4-6-30)18(28-29-20(32)33-21)13-8-14(22)16(24)9-15(13)23/h8-9,11-12,17,26-27H,3-7,10H2,1-2H3,(H,25,31)(H,29,32)/t11?,12-,17?/m0/s1. The van der Waals surface area contributed by atoms with Gasteiger partial charge in [0, 0.05) is 50.1 Å². The van der Waals surface area contributed by atoms with Gasteiger partial charge in [0.05, 0.1) is 9.50 Å². The van der Waals surface area contributed by atoms with Gasteiger partial charge in [-0.15, -0.1) is 0 Å². The topological polar surface area (TPSA) is 107 Å². The number of hydrogen-bond acceptors (Lipinski definition) is 7. The fourth-order valence-corrected chi connectivity index (χ4v) is 5.14. The van der Waals surface area contributed by atoms with Crippen LogP contribution < -0.4 is 21.6 Å². The van der Waals surface area contributed by atoms with Crippen LogP contribution in [0.3, 0.4) is 0 Å². The highest BCUT2D eigenvalue weighted by Gasteiger charge is 2.46. The third kappa shape index (κ3) is 5.32. The zero-order chi connectivity index (χ0) is 23.8. The Hall–Kier alpha value is -1.79. The Balaban J connectivity index is 1.41. The zero-order valence-corrected chi connectivity index (χ0v) is 20.7. The molecule has 3 aliphatic rings. The fourth-order valence-electron chi connectivity index (χ4n) is 4.56. The van der Waals surface area contributed by atoms with Gasteiger partial charge < -0.3 is 15.0 Å². The van der Waals surface area contributed by atoms with Crippen molar-refractivity contribution < 1.29 is 18.7 Å². The number of benzene rings is 1. The van der Waals surface area contributed by atoms with E-state index in [1.807, 2.05) is 13.8 Å². The number of likely N-dealkylation sites (tertiary alicyclic amines) is 1. The number of hydrazone groups is 1. The number of halogens is 3. The average molecular weight is 546 g/mol. The second kappa shape index (κ2) is 9.83. The van der Waals surface area contributed by atoms with Crippen LogP contribution in [0.2, 0.25) is 5.02 Å². The highest BCUT2D eigenvalue weighted by atomic mass is 79.9. The summed E-state index contributed by atoms with van der Waals surface area (Å²) in [6, 6.07) is 2.74. The van der Waals surface area contributed by atoms with Crippen LogP contribution in [-0.4, -0.2) is 66.0 Å². The van der Waals surface area contributed by atoms with Crippen molar-refractivity contribution >= 4 is 45.2 Å². The average Bonchev–Trinajstić information content (AvgIpc) is 3.19. The largest absolute Gasteiger partial charge is 0.435 e. The molecule has 3 atom stereocenters. The summed E-state index contributed by atoms with van der Waals surface area (Å²) in [4.78, 5) is 26.7. The van der Waals surface area contributed by atoms with Crippen LogP contribution in [0, 0.1) is 5.82 Å². The van der Waals surface area contributed by atoms with E-state index in [1.54, 1.807) is 6.07 Å². The summed E-state index contributed by atoms with van der Waals surface area (Å²) < 4.78 is 19.9. The van der Waals surface area contributed by atoms with Crippen LogP contribution in [0.25, 0.3) is 0 Å². The third-order valence-corrected chi connectivity index (χ3v) is 7.16. The Morgan fingerprint density at radius 2 is 2.15 bits per heavy atom. The van der Waals surface area contributed by atoms with Crippen molar-refractivity contribution in [1.29, 1.82) is 0 Å². The number of rotatable bonds is 5. The number of carbonyl (C=O) groups excluding carboxylic acids is 2. The predicted octanol–water partition coefficient (Wildman–Crippen LogP) is 2.28. The smallest absolute Gasteiger partial charge is 0.428 e. The molecule has 2 amide bonds. The maximum Gasteiger partial charge on any atom is 0.428 e. The van der Waals surface area contributed by atoms with Gasteiger partial charge in [-0.1, -0.05) is 11.6 Å². The van der Waals surface area contributed by atoms with Crippen LogP contribution in [0.4, 0.5) is 9.18 Å². The van der Waals surface area contributed by atoms with Gasteiger partial charge in [0.15, 0.2) is 5.60 Å². The minimum absolute atomic E-state index is 0.0222. The molecule has 4 rings (SSSR count). The van der Waals surface area contributed by atoms with E-state index in [1.165, 1.54) is 6.07 Å². The first-order valence-corrected chi connectivity index (χ1v) is 12.1. The molecule has 2 fully saturated rings. The molecule has 3 heterocycles. The zero-order valence-electron chi connectivity index (χ0n) is 18.4. The fraction of sp³-hybridized carbons (Fsp3) is 0.571. The van der Waals surface area contributed by atoms with E-state index in [0.717, 1.165) is 6.42 Å². The molecule has 2 saturated heterocycles. The maximum atomic E-state index is 13.9. The van der Waals surface area contributed by atoms with Gasteiger partial charge in [-0.2, -0.15) is 5.10 Å². The Kier molecular flexibility index (Phi) is 7.25. The number of nitrogens with one attached hydrogen (secondary N) is 4. The van der Waals surface area contributed by atoms with Gasteiger partial charge in [-0.25, -0.2) is 20.0 Å². The lowest BCUT2D eigenvalue weighted by molar-refractivity contribution is -0.123. The molecule has 0 radical (unpaired) electrons. The normalized spacial score (nSPS) is 25.8. The Labute approximate surface area is 204 Å². The molecular weight excluding hydrogens is 519 g/mol. The minimum Gasteiger partial charge on any atom is -0.435 e. The molecular formula is C21H27BrClFN6O3. The second-order valence-electron chi connectivity index (χ2n) is 8.89. The summed E-state index contributed by atoms with van der Waals surface area (Å²) in [6.07, 6.45) is 1.11. The van der Waals surface area contributed by atoms with E-state index in [4.69, 9.17) is 16.3 Å². The molecule has 33 heavy (non-hydrogen) atoms. The minimum atomic E-state index is -0.957. The summed E-state index contributed by atoms with van der Waals surface area (Å²) in [5.41, 5.74) is 8.44. The summed E-state index contributed by atoms with van der Waals surface area (Å²) in [7, 11) is 0. The lowest BCUT2D eigenvalue weighted by atomic mass is 9.82. The Bertz CT molecular complexity index is 972. The van der Waals surface area contributed by atoms with Crippen molar-refractivity contribution in [3.05, 3.63) is 33.0 Å². The highest BCUT2D eigenvalue weighted by Crippen LogP contribution is 2.36. The Morgan fingerprint density at radius 3 is 2.82 bits per heavy atom. The van der Waals surface area contributed by atoms with Crippen molar-refractivity contribution in [2.24, 2.45) is 5.10 Å². The van der Waals surface area contributed by atoms with Gasteiger partial charge in [-0.05, 0) is 48.3 Å². The van der Waals surface area contributed by atoms with Gasteiger partial charge >= 0.3 is 6.09 Å². The van der Waals surface area contributed by atoms with E-state index in [-0.39, 0.29) is 33.5 Å². The molecule has 3 aliphatic heterocycles. The van der Waals surface area contributed by atoms with Crippen molar-refractivity contribution in [3.8, 4) is 0 Å². The number of piperidine rings is 1. The molecule has 9 nitrogen and oxygen atoms in total. The maximum absolute atomic E-state index is 13.9. The first-order chi connectivity index (χ1) is 15.7. The van der Waals surface area contributed by atoms with Crippen molar-refractivity contribution in [3.63, 3.8) is 0 Å².